The lowest BCUT2D eigenvalue weighted by Crippen LogP contribution is -2.36. The summed E-state index contributed by atoms with van der Waals surface area (Å²) >= 11 is 3.39. The number of nitriles is 1. The number of aromatic nitrogens is 5. The molecule has 18 nitrogen and oxygen atoms in total. The molecule has 0 fully saturated rings. The van der Waals surface area contributed by atoms with Crippen molar-refractivity contribution in [2.75, 3.05) is 61.1 Å². The second-order valence-corrected chi connectivity index (χ2v) is 22.3. The summed E-state index contributed by atoms with van der Waals surface area (Å²) in [5.41, 5.74) is 17.7. The van der Waals surface area contributed by atoms with Crippen LogP contribution in [0.25, 0.3) is 0 Å². The molecule has 19 heteroatoms. The van der Waals surface area contributed by atoms with Gasteiger partial charge in [-0.3, -0.25) is 9.36 Å². The summed E-state index contributed by atoms with van der Waals surface area (Å²) in [6.45, 7) is 36.4. The zero-order valence-electron chi connectivity index (χ0n) is 50.9. The Hall–Kier alpha value is -7.59. The lowest BCUT2D eigenvalue weighted by Gasteiger charge is -2.37. The lowest BCUT2D eigenvalue weighted by atomic mass is 9.81. The number of hydrogen-bond acceptors (Lipinski definition) is 16. The van der Waals surface area contributed by atoms with E-state index in [1.807, 2.05) is 32.9 Å². The first-order valence-electron chi connectivity index (χ1n) is 28.8. The van der Waals surface area contributed by atoms with E-state index in [0.717, 1.165) is 88.4 Å². The summed E-state index contributed by atoms with van der Waals surface area (Å²) in [7, 11) is 3.90. The van der Waals surface area contributed by atoms with E-state index in [4.69, 9.17) is 14.7 Å². The zero-order valence-corrected chi connectivity index (χ0v) is 52.5. The van der Waals surface area contributed by atoms with Crippen LogP contribution >= 0.6 is 15.9 Å². The summed E-state index contributed by atoms with van der Waals surface area (Å²) in [6.07, 6.45) is 11.5. The maximum absolute atomic E-state index is 12.7. The SMILES string of the molecule is C=CCn1nc(N=Nc2c(C)c(CC)c(N(CC)CC)c(OCC)c2CC)c(C(=O)OCC)c1C.Cc1c(N=Nc2ccc(Br)cn2)cc2c3c1CCCN3CCC2.Cc1cc2c(cc1N=Nc1nn(C)cc1C#N)C(C)(C)C(C)N2C. The van der Waals surface area contributed by atoms with E-state index in [1.165, 1.54) is 65.1 Å². The number of likely N-dealkylation sites (N-methyl/N-ethyl adjacent to an activating group) is 1. The van der Waals surface area contributed by atoms with E-state index < -0.39 is 5.97 Å². The summed E-state index contributed by atoms with van der Waals surface area (Å²) < 4.78 is 15.7. The molecule has 3 aliphatic rings. The highest BCUT2D eigenvalue weighted by Crippen LogP contribution is 2.48. The van der Waals surface area contributed by atoms with E-state index in [0.29, 0.717) is 47.7 Å². The number of rotatable bonds is 17. The number of nitrogens with zero attached hydrogens (tertiary/aromatic N) is 15. The van der Waals surface area contributed by atoms with Crippen LogP contribution in [-0.4, -0.2) is 83.0 Å². The van der Waals surface area contributed by atoms with Gasteiger partial charge in [-0.05, 0) is 186 Å². The van der Waals surface area contributed by atoms with E-state index in [2.05, 4.69) is 177 Å². The van der Waals surface area contributed by atoms with E-state index in [9.17, 15) is 4.79 Å². The fourth-order valence-electron chi connectivity index (χ4n) is 11.3. The Balaban J connectivity index is 0.000000182. The van der Waals surface area contributed by atoms with Crippen LogP contribution in [0.2, 0.25) is 0 Å². The number of ether oxygens (including phenoxy) is 2. The quantitative estimate of drug-likeness (QED) is 0.0482. The van der Waals surface area contributed by atoms with Crippen LogP contribution in [-0.2, 0) is 49.4 Å². The molecule has 0 spiro atoms. The van der Waals surface area contributed by atoms with Gasteiger partial charge in [0.15, 0.2) is 5.82 Å². The van der Waals surface area contributed by atoms with Crippen molar-refractivity contribution in [2.45, 2.75) is 147 Å². The molecule has 6 aromatic rings. The number of aryl methyl sites for hydroxylation is 3. The van der Waals surface area contributed by atoms with Gasteiger partial charge in [-0.25, -0.2) is 9.78 Å². The Labute approximate surface area is 493 Å². The highest BCUT2D eigenvalue weighted by Gasteiger charge is 2.40. The van der Waals surface area contributed by atoms with Crippen LogP contribution < -0.4 is 19.4 Å². The molecule has 434 valence electrons. The van der Waals surface area contributed by atoms with E-state index in [-0.39, 0.29) is 17.8 Å². The fourth-order valence-corrected chi connectivity index (χ4v) is 11.6. The number of pyridine rings is 1. The summed E-state index contributed by atoms with van der Waals surface area (Å²) in [4.78, 5) is 24.2. The molecule has 1 unspecified atom stereocenters. The topological polar surface area (TPSA) is 192 Å². The molecular weight excluding hydrogens is 1090 g/mol. The minimum Gasteiger partial charge on any atom is -0.491 e. The summed E-state index contributed by atoms with van der Waals surface area (Å²) in [5, 5.41) is 44.4. The third kappa shape index (κ3) is 13.0. The molecule has 0 radical (unpaired) electrons. The van der Waals surface area contributed by atoms with Gasteiger partial charge >= 0.3 is 5.97 Å². The van der Waals surface area contributed by atoms with Crippen LogP contribution in [0.15, 0.2) is 90.5 Å². The Kier molecular flexibility index (Phi) is 20.8. The van der Waals surface area contributed by atoms with Gasteiger partial charge in [0.2, 0.25) is 11.6 Å². The minimum atomic E-state index is -0.456. The maximum atomic E-state index is 12.7. The van der Waals surface area contributed by atoms with Crippen LogP contribution in [0.5, 0.6) is 5.75 Å². The van der Waals surface area contributed by atoms with Crippen LogP contribution in [0, 0.1) is 39.0 Å². The molecule has 9 rings (SSSR count). The molecule has 0 bridgehead atoms. The number of halogens is 1. The number of carbonyl (C=O) groups excluding carboxylic acids is 1. The molecule has 0 aliphatic carbocycles. The number of allylic oxidation sites excluding steroid dienone is 1. The summed E-state index contributed by atoms with van der Waals surface area (Å²) in [5.74, 6) is 1.65. The van der Waals surface area contributed by atoms with Gasteiger partial charge in [-0.2, -0.15) is 5.26 Å². The number of esters is 1. The number of hydrogen-bond donors (Lipinski definition) is 0. The third-order valence-corrected chi connectivity index (χ3v) is 16.6. The Morgan fingerprint density at radius 2 is 1.57 bits per heavy atom. The average molecular weight is 1180 g/mol. The van der Waals surface area contributed by atoms with Crippen molar-refractivity contribution in [3.05, 3.63) is 121 Å². The molecule has 0 amide bonds. The average Bonchev–Trinajstić information content (AvgIpc) is 3.05. The zero-order chi connectivity index (χ0) is 59.6. The molecule has 3 aliphatic heterocycles. The van der Waals surface area contributed by atoms with Gasteiger partial charge in [0, 0.05) is 85.5 Å². The van der Waals surface area contributed by atoms with Gasteiger partial charge in [0.05, 0.1) is 48.2 Å². The van der Waals surface area contributed by atoms with E-state index in [1.54, 1.807) is 41.8 Å². The Morgan fingerprint density at radius 3 is 2.21 bits per heavy atom. The van der Waals surface area contributed by atoms with Crippen molar-refractivity contribution < 1.29 is 14.3 Å². The number of carbonyl (C=O) groups is 1. The number of azo groups is 3. The largest absolute Gasteiger partial charge is 0.491 e. The molecule has 82 heavy (non-hydrogen) atoms. The van der Waals surface area contributed by atoms with Crippen LogP contribution in [0.4, 0.5) is 51.6 Å². The molecule has 1 atom stereocenters. The highest BCUT2D eigenvalue weighted by atomic mass is 79.9. The van der Waals surface area contributed by atoms with E-state index >= 15 is 0 Å². The van der Waals surface area contributed by atoms with Gasteiger partial charge in [-0.1, -0.05) is 33.8 Å². The third-order valence-electron chi connectivity index (χ3n) is 16.1. The smallest absolute Gasteiger partial charge is 0.343 e. The van der Waals surface area contributed by atoms with Crippen molar-refractivity contribution in [3.63, 3.8) is 0 Å². The first kappa shape index (κ1) is 62.0. The standard InChI is InChI=1S/C27H41N5O3.C18H19BrN4.C18H22N6/c1-10-17-32-19(9)22(27(33)35-16-7)26(30-32)29-28-23-18(8)20(11-2)24(31(13-4)14-5)25(34-15-6)21(23)12-3;1-12-15-5-3-9-23-8-2-4-13(18(15)23)10-16(12)21-22-17-7-6-14(19)11-20-17;1-11-7-16-14(18(3,4)12(2)24(16)6)8-15(11)20-21-17-13(9-19)10-23(5)22-17/h10H,1,11-17H2,2-9H3;6-7,10-11H,2-5,8-9H2,1H3;7-8,10,12H,1-6H3. The molecule has 0 saturated heterocycles. The van der Waals surface area contributed by atoms with Crippen molar-refractivity contribution in [1.29, 1.82) is 5.26 Å². The van der Waals surface area contributed by atoms with Gasteiger partial charge in [0.1, 0.15) is 22.9 Å². The van der Waals surface area contributed by atoms with Gasteiger partial charge in [0.25, 0.3) is 0 Å². The molecule has 0 N–H and O–H groups in total. The Morgan fingerprint density at radius 1 is 0.878 bits per heavy atom. The molecule has 0 saturated carbocycles. The van der Waals surface area contributed by atoms with Crippen molar-refractivity contribution in [2.24, 2.45) is 37.7 Å². The van der Waals surface area contributed by atoms with Crippen molar-refractivity contribution >= 4 is 73.5 Å². The maximum Gasteiger partial charge on any atom is 0.343 e. The number of fused-ring (bicyclic) bond motifs is 1. The molecular formula is C63H82BrN15O3. The lowest BCUT2D eigenvalue weighted by molar-refractivity contribution is 0.0526. The summed E-state index contributed by atoms with van der Waals surface area (Å²) in [6, 6.07) is 12.8. The second-order valence-electron chi connectivity index (χ2n) is 21.3. The number of benzene rings is 3. The first-order chi connectivity index (χ1) is 39.3. The van der Waals surface area contributed by atoms with Gasteiger partial charge < -0.3 is 24.2 Å². The fraction of sp³-hybridized carbons (Fsp3) is 0.476. The Bertz CT molecular complexity index is 3420. The molecule has 3 aromatic carbocycles. The van der Waals surface area contributed by atoms with Crippen molar-refractivity contribution in [3.8, 4) is 11.8 Å². The normalized spacial score (nSPS) is 15.0. The highest BCUT2D eigenvalue weighted by molar-refractivity contribution is 9.10. The number of anilines is 3. The first-order valence-corrected chi connectivity index (χ1v) is 29.6. The molecule has 3 aromatic heterocycles. The minimum absolute atomic E-state index is 0.0465. The predicted octanol–water partition coefficient (Wildman–Crippen LogP) is 16.0. The van der Waals surface area contributed by atoms with Crippen LogP contribution in [0.1, 0.15) is 141 Å². The predicted molar refractivity (Wildman–Crippen MR) is 332 cm³/mol. The monoisotopic (exact) mass is 1180 g/mol. The van der Waals surface area contributed by atoms with Crippen LogP contribution in [0.3, 0.4) is 0 Å². The second kappa shape index (κ2) is 27.5. The molecule has 6 heterocycles. The van der Waals surface area contributed by atoms with Gasteiger partial charge in [-0.15, -0.1) is 47.5 Å². The van der Waals surface area contributed by atoms with Crippen molar-refractivity contribution in [1.82, 2.24) is 24.5 Å².